The van der Waals surface area contributed by atoms with E-state index >= 15 is 0 Å². The van der Waals surface area contributed by atoms with Gasteiger partial charge in [0.2, 0.25) is 5.91 Å². The standard InChI is InChI=1S/C27H34N4O3/c1-3-34-19-11-18-30(27(33)28-24-14-8-5-9-15-24)22-26(32)31(20-23-12-6-4-7-13-23)21-25-16-10-17-29(25)2/h4-10,12-17H,3,11,18-22H2,1-2H3,(H,28,33). The maximum atomic E-state index is 13.5. The van der Waals surface area contributed by atoms with E-state index in [1.54, 1.807) is 9.80 Å². The number of urea groups is 1. The SMILES string of the molecule is CCOCCCN(CC(=O)N(Cc1ccccc1)Cc1cccn1C)C(=O)Nc1ccccc1. The minimum atomic E-state index is -0.297. The lowest BCUT2D eigenvalue weighted by atomic mass is 10.2. The van der Waals surface area contributed by atoms with Crippen molar-refractivity contribution in [3.05, 3.63) is 90.3 Å². The summed E-state index contributed by atoms with van der Waals surface area (Å²) in [6.45, 7) is 4.44. The zero-order valence-electron chi connectivity index (χ0n) is 20.0. The molecule has 0 atom stereocenters. The van der Waals surface area contributed by atoms with Crippen LogP contribution in [0.4, 0.5) is 10.5 Å². The highest BCUT2D eigenvalue weighted by Gasteiger charge is 2.22. The molecule has 3 aromatic rings. The van der Waals surface area contributed by atoms with Gasteiger partial charge >= 0.3 is 6.03 Å². The van der Waals surface area contributed by atoms with E-state index in [4.69, 9.17) is 4.74 Å². The number of anilines is 1. The summed E-state index contributed by atoms with van der Waals surface area (Å²) in [5.41, 5.74) is 2.77. The molecule has 3 amide bonds. The first-order valence-corrected chi connectivity index (χ1v) is 11.7. The number of ether oxygens (including phenoxy) is 1. The second-order valence-corrected chi connectivity index (χ2v) is 8.11. The fraction of sp³-hybridized carbons (Fsp3) is 0.333. The summed E-state index contributed by atoms with van der Waals surface area (Å²) in [7, 11) is 1.97. The number of aryl methyl sites for hydroxylation is 1. The van der Waals surface area contributed by atoms with Crippen LogP contribution < -0.4 is 5.32 Å². The molecule has 0 spiro atoms. The van der Waals surface area contributed by atoms with Gasteiger partial charge in [0, 0.05) is 50.9 Å². The molecule has 0 aliphatic heterocycles. The Morgan fingerprint density at radius 3 is 2.26 bits per heavy atom. The molecule has 7 heteroatoms. The van der Waals surface area contributed by atoms with E-state index in [9.17, 15) is 9.59 Å². The average Bonchev–Trinajstić information content (AvgIpc) is 3.26. The third kappa shape index (κ3) is 7.78. The molecule has 0 fully saturated rings. The number of hydrogen-bond donors (Lipinski definition) is 1. The lowest BCUT2D eigenvalue weighted by Crippen LogP contribution is -2.44. The number of para-hydroxylation sites is 1. The molecular weight excluding hydrogens is 428 g/mol. The average molecular weight is 463 g/mol. The number of amides is 3. The van der Waals surface area contributed by atoms with Crippen LogP contribution in [0.3, 0.4) is 0 Å². The van der Waals surface area contributed by atoms with E-state index in [2.05, 4.69) is 5.32 Å². The monoisotopic (exact) mass is 462 g/mol. The molecule has 3 rings (SSSR count). The van der Waals surface area contributed by atoms with Gasteiger partial charge in [-0.05, 0) is 43.2 Å². The van der Waals surface area contributed by atoms with Crippen molar-refractivity contribution in [3.63, 3.8) is 0 Å². The summed E-state index contributed by atoms with van der Waals surface area (Å²) in [5.74, 6) is -0.107. The second-order valence-electron chi connectivity index (χ2n) is 8.11. The molecule has 34 heavy (non-hydrogen) atoms. The predicted octanol–water partition coefficient (Wildman–Crippen LogP) is 4.51. The van der Waals surface area contributed by atoms with Crippen LogP contribution in [0.25, 0.3) is 0 Å². The summed E-state index contributed by atoms with van der Waals surface area (Å²) in [4.78, 5) is 29.9. The lowest BCUT2D eigenvalue weighted by molar-refractivity contribution is -0.133. The maximum absolute atomic E-state index is 13.5. The number of nitrogens with one attached hydrogen (secondary N) is 1. The third-order valence-corrected chi connectivity index (χ3v) is 5.53. The van der Waals surface area contributed by atoms with Gasteiger partial charge in [-0.15, -0.1) is 0 Å². The summed E-state index contributed by atoms with van der Waals surface area (Å²) < 4.78 is 7.45. The number of carbonyl (C=O) groups excluding carboxylic acids is 2. The van der Waals surface area contributed by atoms with Crippen molar-refractivity contribution in [2.24, 2.45) is 7.05 Å². The van der Waals surface area contributed by atoms with Crippen LogP contribution >= 0.6 is 0 Å². The van der Waals surface area contributed by atoms with Gasteiger partial charge in [0.25, 0.3) is 0 Å². The topological polar surface area (TPSA) is 66.8 Å². The maximum Gasteiger partial charge on any atom is 0.322 e. The van der Waals surface area contributed by atoms with Crippen molar-refractivity contribution in [3.8, 4) is 0 Å². The number of benzene rings is 2. The molecule has 0 aliphatic carbocycles. The fourth-order valence-electron chi connectivity index (χ4n) is 3.63. The van der Waals surface area contributed by atoms with Crippen molar-refractivity contribution < 1.29 is 14.3 Å². The zero-order valence-corrected chi connectivity index (χ0v) is 20.0. The Hall–Kier alpha value is -3.58. The van der Waals surface area contributed by atoms with E-state index < -0.39 is 0 Å². The molecule has 0 saturated heterocycles. The third-order valence-electron chi connectivity index (χ3n) is 5.53. The molecule has 1 N–H and O–H groups in total. The predicted molar refractivity (Wildman–Crippen MR) is 134 cm³/mol. The fourth-order valence-corrected chi connectivity index (χ4v) is 3.63. The minimum Gasteiger partial charge on any atom is -0.382 e. The van der Waals surface area contributed by atoms with Gasteiger partial charge in [-0.3, -0.25) is 4.79 Å². The van der Waals surface area contributed by atoms with Crippen LogP contribution in [-0.2, 0) is 29.7 Å². The van der Waals surface area contributed by atoms with Crippen LogP contribution in [0.2, 0.25) is 0 Å². The first-order chi connectivity index (χ1) is 16.6. The molecule has 0 unspecified atom stereocenters. The van der Waals surface area contributed by atoms with Crippen molar-refractivity contribution in [1.29, 1.82) is 0 Å². The van der Waals surface area contributed by atoms with E-state index in [1.807, 2.05) is 97.5 Å². The second kappa shape index (κ2) is 13.2. The Morgan fingerprint density at radius 2 is 1.62 bits per heavy atom. The largest absolute Gasteiger partial charge is 0.382 e. The molecule has 1 heterocycles. The Balaban J connectivity index is 1.74. The number of rotatable bonds is 12. The first kappa shape index (κ1) is 25.1. The van der Waals surface area contributed by atoms with Gasteiger partial charge in [0.15, 0.2) is 0 Å². The van der Waals surface area contributed by atoms with Gasteiger partial charge in [0.05, 0.1) is 6.54 Å². The van der Waals surface area contributed by atoms with Crippen molar-refractivity contribution in [2.75, 3.05) is 31.6 Å². The summed E-state index contributed by atoms with van der Waals surface area (Å²) in [5, 5.41) is 2.90. The Morgan fingerprint density at radius 1 is 0.912 bits per heavy atom. The smallest absolute Gasteiger partial charge is 0.322 e. The summed E-state index contributed by atoms with van der Waals surface area (Å²) >= 11 is 0. The number of aromatic nitrogens is 1. The molecular formula is C27H34N4O3. The van der Waals surface area contributed by atoms with Crippen molar-refractivity contribution in [2.45, 2.75) is 26.4 Å². The van der Waals surface area contributed by atoms with Crippen LogP contribution in [0.15, 0.2) is 79.0 Å². The van der Waals surface area contributed by atoms with Gasteiger partial charge in [0.1, 0.15) is 6.54 Å². The Kier molecular flexibility index (Phi) is 9.73. The van der Waals surface area contributed by atoms with Crippen LogP contribution in [-0.4, -0.2) is 52.6 Å². The number of hydrogen-bond acceptors (Lipinski definition) is 3. The van der Waals surface area contributed by atoms with Crippen LogP contribution in [0.1, 0.15) is 24.6 Å². The van der Waals surface area contributed by atoms with E-state index in [-0.39, 0.29) is 18.5 Å². The Bertz CT molecular complexity index is 1020. The van der Waals surface area contributed by atoms with Crippen molar-refractivity contribution in [1.82, 2.24) is 14.4 Å². The highest BCUT2D eigenvalue weighted by atomic mass is 16.5. The van der Waals surface area contributed by atoms with Gasteiger partial charge in [-0.2, -0.15) is 0 Å². The Labute approximate surface area is 201 Å². The minimum absolute atomic E-state index is 0.0119. The molecule has 180 valence electrons. The number of carbonyl (C=O) groups is 2. The number of nitrogens with zero attached hydrogens (tertiary/aromatic N) is 3. The van der Waals surface area contributed by atoms with Gasteiger partial charge in [-0.25, -0.2) is 4.79 Å². The van der Waals surface area contributed by atoms with Crippen molar-refractivity contribution >= 4 is 17.6 Å². The van der Waals surface area contributed by atoms with Gasteiger partial charge in [-0.1, -0.05) is 48.5 Å². The van der Waals surface area contributed by atoms with E-state index in [0.717, 1.165) is 11.3 Å². The molecule has 0 radical (unpaired) electrons. The van der Waals surface area contributed by atoms with E-state index in [0.29, 0.717) is 45.0 Å². The molecule has 0 aliphatic rings. The van der Waals surface area contributed by atoms with Gasteiger partial charge < -0.3 is 24.4 Å². The first-order valence-electron chi connectivity index (χ1n) is 11.7. The molecule has 7 nitrogen and oxygen atoms in total. The quantitative estimate of drug-likeness (QED) is 0.403. The molecule has 0 bridgehead atoms. The molecule has 2 aromatic carbocycles. The van der Waals surface area contributed by atoms with Crippen LogP contribution in [0, 0.1) is 0 Å². The lowest BCUT2D eigenvalue weighted by Gasteiger charge is -2.28. The summed E-state index contributed by atoms with van der Waals surface area (Å²) in [6, 6.07) is 22.9. The normalized spacial score (nSPS) is 10.6. The summed E-state index contributed by atoms with van der Waals surface area (Å²) in [6.07, 6.45) is 2.62. The van der Waals surface area contributed by atoms with Crippen LogP contribution in [0.5, 0.6) is 0 Å². The molecule has 1 aromatic heterocycles. The van der Waals surface area contributed by atoms with E-state index in [1.165, 1.54) is 0 Å². The highest BCUT2D eigenvalue weighted by Crippen LogP contribution is 2.13. The zero-order chi connectivity index (χ0) is 24.2. The molecule has 0 saturated carbocycles. The highest BCUT2D eigenvalue weighted by molar-refractivity contribution is 5.92.